The molecule has 0 saturated carbocycles. The van der Waals surface area contributed by atoms with Crippen molar-refractivity contribution in [1.82, 2.24) is 4.98 Å². The third kappa shape index (κ3) is 2.23. The molecule has 2 aromatic rings. The van der Waals surface area contributed by atoms with Gasteiger partial charge in [0.2, 0.25) is 0 Å². The Labute approximate surface area is 108 Å². The normalized spacial score (nSPS) is 19.1. The number of nitrogens with one attached hydrogen (secondary N) is 1. The van der Waals surface area contributed by atoms with E-state index in [1.807, 2.05) is 6.07 Å². The second kappa shape index (κ2) is 4.81. The van der Waals surface area contributed by atoms with Gasteiger partial charge in [0, 0.05) is 22.8 Å². The molecule has 0 aliphatic heterocycles. The molecule has 0 radical (unpaired) electrons. The molecule has 1 aliphatic rings. The predicted octanol–water partition coefficient (Wildman–Crippen LogP) is 4.06. The molecule has 0 amide bonds. The van der Waals surface area contributed by atoms with Crippen LogP contribution in [0.5, 0.6) is 0 Å². The lowest BCUT2D eigenvalue weighted by Gasteiger charge is -2.21. The maximum Gasteiger partial charge on any atom is 0.0725 e. The van der Waals surface area contributed by atoms with Crippen molar-refractivity contribution in [2.75, 3.05) is 5.32 Å². The van der Waals surface area contributed by atoms with Gasteiger partial charge in [0.05, 0.1) is 5.52 Å². The van der Waals surface area contributed by atoms with Crippen LogP contribution in [0, 0.1) is 6.92 Å². The maximum absolute atomic E-state index is 4.58. The van der Waals surface area contributed by atoms with Crippen molar-refractivity contribution in [3.8, 4) is 0 Å². The fourth-order valence-electron chi connectivity index (χ4n) is 2.57. The molecular weight excluding hydrogens is 220 g/mol. The number of nitrogens with zero attached hydrogens (tertiary/aromatic N) is 1. The van der Waals surface area contributed by atoms with E-state index in [4.69, 9.17) is 0 Å². The Morgan fingerprint density at radius 3 is 2.94 bits per heavy atom. The summed E-state index contributed by atoms with van der Waals surface area (Å²) in [7, 11) is 0. The lowest BCUT2D eigenvalue weighted by molar-refractivity contribution is 0.645. The Morgan fingerprint density at radius 2 is 2.11 bits per heavy atom. The van der Waals surface area contributed by atoms with Gasteiger partial charge in [-0.2, -0.15) is 0 Å². The predicted molar refractivity (Wildman–Crippen MR) is 76.9 cm³/mol. The molecule has 18 heavy (non-hydrogen) atoms. The van der Waals surface area contributed by atoms with Gasteiger partial charge in [0.15, 0.2) is 0 Å². The van der Waals surface area contributed by atoms with Gasteiger partial charge in [0.1, 0.15) is 0 Å². The molecule has 0 spiro atoms. The summed E-state index contributed by atoms with van der Waals surface area (Å²) in [5.74, 6) is 0. The molecule has 1 aliphatic carbocycles. The number of allylic oxidation sites excluding steroid dienone is 1. The zero-order valence-corrected chi connectivity index (χ0v) is 10.7. The number of benzene rings is 1. The van der Waals surface area contributed by atoms with E-state index in [1.165, 1.54) is 23.9 Å². The highest BCUT2D eigenvalue weighted by Gasteiger charge is 2.11. The minimum atomic E-state index is 0.556. The van der Waals surface area contributed by atoms with Crippen molar-refractivity contribution in [2.24, 2.45) is 0 Å². The molecule has 1 atom stereocenters. The lowest BCUT2D eigenvalue weighted by Crippen LogP contribution is -2.20. The molecule has 1 unspecified atom stereocenters. The number of hydrogen-bond acceptors (Lipinski definition) is 2. The molecule has 3 rings (SSSR count). The number of rotatable bonds is 2. The van der Waals surface area contributed by atoms with Crippen LogP contribution in [0.1, 0.15) is 25.0 Å². The third-order valence-electron chi connectivity index (χ3n) is 3.47. The lowest BCUT2D eigenvalue weighted by atomic mass is 10.0. The van der Waals surface area contributed by atoms with Crippen LogP contribution in [0.2, 0.25) is 0 Å². The van der Waals surface area contributed by atoms with Crippen LogP contribution in [0.15, 0.2) is 42.5 Å². The van der Waals surface area contributed by atoms with E-state index in [-0.39, 0.29) is 0 Å². The van der Waals surface area contributed by atoms with Crippen LogP contribution in [0.3, 0.4) is 0 Å². The monoisotopic (exact) mass is 238 g/mol. The largest absolute Gasteiger partial charge is 0.381 e. The number of aryl methyl sites for hydroxylation is 1. The van der Waals surface area contributed by atoms with E-state index in [0.29, 0.717) is 6.04 Å². The number of para-hydroxylation sites is 1. The number of aromatic nitrogens is 1. The summed E-state index contributed by atoms with van der Waals surface area (Å²) in [6, 6.07) is 11.0. The van der Waals surface area contributed by atoms with Gasteiger partial charge in [-0.05, 0) is 38.3 Å². The highest BCUT2D eigenvalue weighted by atomic mass is 14.9. The molecule has 0 fully saturated rings. The van der Waals surface area contributed by atoms with Crippen LogP contribution in [-0.4, -0.2) is 11.0 Å². The molecule has 1 heterocycles. The van der Waals surface area contributed by atoms with Crippen molar-refractivity contribution in [1.29, 1.82) is 0 Å². The minimum Gasteiger partial charge on any atom is -0.381 e. The summed E-state index contributed by atoms with van der Waals surface area (Å²) >= 11 is 0. The van der Waals surface area contributed by atoms with Crippen LogP contribution in [0.4, 0.5) is 5.69 Å². The highest BCUT2D eigenvalue weighted by Crippen LogP contribution is 2.25. The smallest absolute Gasteiger partial charge is 0.0725 e. The topological polar surface area (TPSA) is 24.9 Å². The van der Waals surface area contributed by atoms with Crippen molar-refractivity contribution in [3.05, 3.63) is 48.2 Å². The van der Waals surface area contributed by atoms with E-state index in [9.17, 15) is 0 Å². The van der Waals surface area contributed by atoms with Gasteiger partial charge in [0.25, 0.3) is 0 Å². The van der Waals surface area contributed by atoms with Crippen LogP contribution in [-0.2, 0) is 0 Å². The van der Waals surface area contributed by atoms with Crippen molar-refractivity contribution >= 4 is 16.6 Å². The molecule has 1 aromatic heterocycles. The fraction of sp³-hybridized carbons (Fsp3) is 0.312. The van der Waals surface area contributed by atoms with Gasteiger partial charge in [-0.3, -0.25) is 4.98 Å². The average molecular weight is 238 g/mol. The van der Waals surface area contributed by atoms with E-state index >= 15 is 0 Å². The third-order valence-corrected chi connectivity index (χ3v) is 3.47. The van der Waals surface area contributed by atoms with E-state index in [1.54, 1.807) is 0 Å². The second-order valence-electron chi connectivity index (χ2n) is 4.95. The summed E-state index contributed by atoms with van der Waals surface area (Å²) in [6.07, 6.45) is 8.06. The Balaban J connectivity index is 1.97. The molecule has 1 N–H and O–H groups in total. The van der Waals surface area contributed by atoms with E-state index in [0.717, 1.165) is 17.6 Å². The van der Waals surface area contributed by atoms with E-state index in [2.05, 4.69) is 53.6 Å². The molecular formula is C16H18N2. The zero-order valence-electron chi connectivity index (χ0n) is 10.7. The van der Waals surface area contributed by atoms with Gasteiger partial charge in [-0.15, -0.1) is 0 Å². The molecule has 2 nitrogen and oxygen atoms in total. The number of fused-ring (bicyclic) bond motifs is 1. The van der Waals surface area contributed by atoms with Crippen LogP contribution >= 0.6 is 0 Å². The second-order valence-corrected chi connectivity index (χ2v) is 4.95. The Hall–Kier alpha value is -1.83. The first-order valence-electron chi connectivity index (χ1n) is 6.61. The SMILES string of the molecule is Cc1cc(NC2CC=CCC2)c2ccccc2n1. The van der Waals surface area contributed by atoms with Gasteiger partial charge in [-0.25, -0.2) is 0 Å². The van der Waals surface area contributed by atoms with Crippen molar-refractivity contribution in [2.45, 2.75) is 32.2 Å². The first kappa shape index (κ1) is 11.3. The minimum absolute atomic E-state index is 0.556. The quantitative estimate of drug-likeness (QED) is 0.798. The highest BCUT2D eigenvalue weighted by molar-refractivity contribution is 5.91. The first-order valence-corrected chi connectivity index (χ1v) is 6.61. The summed E-state index contributed by atoms with van der Waals surface area (Å²) in [5, 5.41) is 4.89. The molecule has 92 valence electrons. The standard InChI is InChI=1S/C16H18N2/c1-12-11-16(18-13-7-3-2-4-8-13)14-9-5-6-10-15(14)17-12/h2-3,5-6,9-11,13H,4,7-8H2,1H3,(H,17,18). The zero-order chi connectivity index (χ0) is 12.4. The fourth-order valence-corrected chi connectivity index (χ4v) is 2.57. The molecule has 0 saturated heterocycles. The van der Waals surface area contributed by atoms with Gasteiger partial charge in [-0.1, -0.05) is 30.4 Å². The molecule has 2 heteroatoms. The summed E-state index contributed by atoms with van der Waals surface area (Å²) in [6.45, 7) is 2.05. The molecule has 0 bridgehead atoms. The Bertz CT molecular complexity index is 587. The average Bonchev–Trinajstić information content (AvgIpc) is 2.40. The van der Waals surface area contributed by atoms with Crippen LogP contribution in [0.25, 0.3) is 10.9 Å². The summed E-state index contributed by atoms with van der Waals surface area (Å²) in [5.41, 5.74) is 3.37. The number of anilines is 1. The maximum atomic E-state index is 4.58. The van der Waals surface area contributed by atoms with Gasteiger partial charge >= 0.3 is 0 Å². The Morgan fingerprint density at radius 1 is 1.22 bits per heavy atom. The van der Waals surface area contributed by atoms with Crippen LogP contribution < -0.4 is 5.32 Å². The molecule has 1 aromatic carbocycles. The Kier molecular flexibility index (Phi) is 3.01. The summed E-state index contributed by atoms with van der Waals surface area (Å²) in [4.78, 5) is 4.58. The van der Waals surface area contributed by atoms with Crippen molar-refractivity contribution in [3.63, 3.8) is 0 Å². The number of hydrogen-bond donors (Lipinski definition) is 1. The first-order chi connectivity index (χ1) is 8.83. The number of pyridine rings is 1. The van der Waals surface area contributed by atoms with Gasteiger partial charge < -0.3 is 5.32 Å². The van der Waals surface area contributed by atoms with Crippen molar-refractivity contribution < 1.29 is 0 Å². The summed E-state index contributed by atoms with van der Waals surface area (Å²) < 4.78 is 0. The van der Waals surface area contributed by atoms with E-state index < -0.39 is 0 Å².